The SMILES string of the molecule is [2H][C@]1(O)[C@@H](OC(=O)c2ccccc2)O[C@H](COC(=O)c2ccccc2)[C@H]1OC(=O)c1ccccc1. The summed E-state index contributed by atoms with van der Waals surface area (Å²) in [5.41, 5.74) is 0.619. The van der Waals surface area contributed by atoms with Crippen LogP contribution in [0.25, 0.3) is 0 Å². The van der Waals surface area contributed by atoms with E-state index in [1.54, 1.807) is 66.7 Å². The Labute approximate surface area is 197 Å². The lowest BCUT2D eigenvalue weighted by molar-refractivity contribution is -0.139. The Morgan fingerprint density at radius 1 is 0.735 bits per heavy atom. The zero-order valence-corrected chi connectivity index (χ0v) is 17.9. The van der Waals surface area contributed by atoms with Crippen molar-refractivity contribution < 1.29 is 39.8 Å². The lowest BCUT2D eigenvalue weighted by atomic mass is 10.1. The van der Waals surface area contributed by atoms with E-state index in [9.17, 15) is 19.5 Å². The highest BCUT2D eigenvalue weighted by Gasteiger charge is 2.49. The van der Waals surface area contributed by atoms with Gasteiger partial charge in [-0.25, -0.2) is 14.4 Å². The molecule has 8 heteroatoms. The van der Waals surface area contributed by atoms with Gasteiger partial charge in [-0.1, -0.05) is 54.6 Å². The first kappa shape index (κ1) is 21.8. The van der Waals surface area contributed by atoms with E-state index in [0.29, 0.717) is 0 Å². The standard InChI is InChI=1S/C26H22O8/c27-21-22(33-24(29)18-12-6-2-7-13-18)20(16-31-23(28)17-10-4-1-5-11-17)32-26(21)34-25(30)19-14-8-3-9-15-19/h1-15,20-22,26-27H,16H2/t20-,21-,22-,26-/m1/s1/i21D. The second kappa shape index (κ2) is 10.7. The first-order valence-corrected chi connectivity index (χ1v) is 10.5. The third-order valence-electron chi connectivity index (χ3n) is 5.02. The number of hydrogen-bond donors (Lipinski definition) is 1. The minimum atomic E-state index is -2.68. The molecule has 0 bridgehead atoms. The fraction of sp³-hybridized carbons (Fsp3) is 0.192. The quantitative estimate of drug-likeness (QED) is 0.421. The van der Waals surface area contributed by atoms with Crippen LogP contribution in [0.4, 0.5) is 0 Å². The average Bonchev–Trinajstić information content (AvgIpc) is 3.12. The molecule has 4 atom stereocenters. The molecule has 1 saturated heterocycles. The number of rotatable bonds is 7. The van der Waals surface area contributed by atoms with Crippen LogP contribution in [0.15, 0.2) is 91.0 Å². The Morgan fingerprint density at radius 3 is 1.68 bits per heavy atom. The lowest BCUT2D eigenvalue weighted by Gasteiger charge is -2.20. The maximum atomic E-state index is 12.7. The molecule has 8 nitrogen and oxygen atoms in total. The Hall–Kier alpha value is -4.01. The number of benzene rings is 3. The maximum absolute atomic E-state index is 12.7. The van der Waals surface area contributed by atoms with E-state index < -0.39 is 49.1 Å². The number of aliphatic hydroxyl groups is 1. The van der Waals surface area contributed by atoms with Gasteiger partial charge >= 0.3 is 17.9 Å². The van der Waals surface area contributed by atoms with Crippen molar-refractivity contribution in [2.75, 3.05) is 6.61 Å². The Balaban J connectivity index is 1.53. The summed E-state index contributed by atoms with van der Waals surface area (Å²) in [4.78, 5) is 37.5. The van der Waals surface area contributed by atoms with Gasteiger partial charge in [-0.3, -0.25) is 0 Å². The van der Waals surface area contributed by atoms with Crippen molar-refractivity contribution in [3.05, 3.63) is 108 Å². The number of esters is 3. The summed E-state index contributed by atoms with van der Waals surface area (Å²) in [6.07, 6.45) is -7.42. The van der Waals surface area contributed by atoms with Crippen molar-refractivity contribution in [3.8, 4) is 0 Å². The first-order valence-electron chi connectivity index (χ1n) is 11.0. The highest BCUT2D eigenvalue weighted by atomic mass is 16.7. The molecule has 0 saturated carbocycles. The van der Waals surface area contributed by atoms with Gasteiger partial charge in [-0.15, -0.1) is 0 Å². The molecule has 4 rings (SSSR count). The van der Waals surface area contributed by atoms with Crippen molar-refractivity contribution in [3.63, 3.8) is 0 Å². The van der Waals surface area contributed by atoms with Crippen molar-refractivity contribution in [1.29, 1.82) is 0 Å². The summed E-state index contributed by atoms with van der Waals surface area (Å²) in [5.74, 6) is -2.36. The monoisotopic (exact) mass is 463 g/mol. The number of carbonyl (C=O) groups is 3. The van der Waals surface area contributed by atoms with Crippen LogP contribution in [0.5, 0.6) is 0 Å². The third kappa shape index (κ3) is 5.48. The summed E-state index contributed by atoms with van der Waals surface area (Å²) in [6.45, 7) is -0.471. The second-order valence-electron chi connectivity index (χ2n) is 7.36. The second-order valence-corrected chi connectivity index (χ2v) is 7.36. The summed E-state index contributed by atoms with van der Waals surface area (Å²) in [5, 5.41) is 10.9. The summed E-state index contributed by atoms with van der Waals surface area (Å²) >= 11 is 0. The van der Waals surface area contributed by atoms with Gasteiger partial charge in [0.05, 0.1) is 18.1 Å². The topological polar surface area (TPSA) is 108 Å². The summed E-state index contributed by atoms with van der Waals surface area (Å²) in [6, 6.07) is 24.1. The van der Waals surface area contributed by atoms with E-state index >= 15 is 0 Å². The van der Waals surface area contributed by atoms with E-state index in [0.717, 1.165) is 0 Å². The van der Waals surface area contributed by atoms with E-state index in [1.807, 2.05) is 0 Å². The molecular weight excluding hydrogens is 440 g/mol. The molecule has 1 aliphatic heterocycles. The molecule has 0 aromatic heterocycles. The van der Waals surface area contributed by atoms with E-state index in [1.165, 1.54) is 24.3 Å². The van der Waals surface area contributed by atoms with Crippen LogP contribution in [0, 0.1) is 0 Å². The Bertz CT molecular complexity index is 1170. The smallest absolute Gasteiger partial charge is 0.340 e. The average molecular weight is 463 g/mol. The van der Waals surface area contributed by atoms with Gasteiger partial charge < -0.3 is 24.1 Å². The van der Waals surface area contributed by atoms with Crippen molar-refractivity contribution in [2.45, 2.75) is 24.6 Å². The van der Waals surface area contributed by atoms with E-state index in [2.05, 4.69) is 0 Å². The molecule has 0 unspecified atom stereocenters. The van der Waals surface area contributed by atoms with Crippen molar-refractivity contribution in [2.24, 2.45) is 0 Å². The Kier molecular flexibility index (Phi) is 6.89. The van der Waals surface area contributed by atoms with Crippen LogP contribution in [0.1, 0.15) is 32.4 Å². The third-order valence-corrected chi connectivity index (χ3v) is 5.02. The van der Waals surface area contributed by atoms with Crippen LogP contribution in [-0.2, 0) is 18.9 Å². The van der Waals surface area contributed by atoms with E-state index in [-0.39, 0.29) is 16.7 Å². The normalized spacial score (nSPS) is 24.0. The Morgan fingerprint density at radius 2 is 1.18 bits per heavy atom. The molecule has 0 aliphatic carbocycles. The molecule has 3 aromatic carbocycles. The molecule has 0 radical (unpaired) electrons. The summed E-state index contributed by atoms with van der Waals surface area (Å²) in [7, 11) is 0. The number of ether oxygens (including phenoxy) is 4. The molecule has 0 spiro atoms. The molecule has 1 aliphatic rings. The van der Waals surface area contributed by atoms with Gasteiger partial charge in [0.2, 0.25) is 6.29 Å². The number of hydrogen-bond acceptors (Lipinski definition) is 8. The molecule has 3 aromatic rings. The van der Waals surface area contributed by atoms with Crippen LogP contribution >= 0.6 is 0 Å². The van der Waals surface area contributed by atoms with Crippen LogP contribution in [0.3, 0.4) is 0 Å². The van der Waals surface area contributed by atoms with Gasteiger partial charge in [0.25, 0.3) is 0 Å². The van der Waals surface area contributed by atoms with Gasteiger partial charge in [0.1, 0.15) is 12.7 Å². The fourth-order valence-electron chi connectivity index (χ4n) is 3.29. The van der Waals surface area contributed by atoms with Crippen molar-refractivity contribution in [1.82, 2.24) is 0 Å². The first-order chi connectivity index (χ1) is 16.9. The minimum Gasteiger partial charge on any atom is -0.459 e. The largest absolute Gasteiger partial charge is 0.459 e. The highest BCUT2D eigenvalue weighted by molar-refractivity contribution is 5.90. The van der Waals surface area contributed by atoms with Gasteiger partial charge in [0, 0.05) is 0 Å². The van der Waals surface area contributed by atoms with Crippen LogP contribution in [0.2, 0.25) is 0 Å². The minimum absolute atomic E-state index is 0.170. The van der Waals surface area contributed by atoms with Crippen LogP contribution < -0.4 is 0 Å². The van der Waals surface area contributed by atoms with Gasteiger partial charge in [0.15, 0.2) is 12.2 Å². The van der Waals surface area contributed by atoms with E-state index in [4.69, 9.17) is 20.3 Å². The van der Waals surface area contributed by atoms with Crippen molar-refractivity contribution >= 4 is 17.9 Å². The van der Waals surface area contributed by atoms with Crippen LogP contribution in [-0.4, -0.2) is 54.2 Å². The molecule has 174 valence electrons. The summed E-state index contributed by atoms with van der Waals surface area (Å²) < 4.78 is 29.9. The molecular formula is C26H22O8. The zero-order valence-electron chi connectivity index (χ0n) is 18.9. The zero-order chi connectivity index (χ0) is 24.8. The molecule has 1 fully saturated rings. The maximum Gasteiger partial charge on any atom is 0.340 e. The highest BCUT2D eigenvalue weighted by Crippen LogP contribution is 2.27. The predicted molar refractivity (Wildman–Crippen MR) is 119 cm³/mol. The molecule has 0 amide bonds. The molecule has 1 N–H and O–H groups in total. The molecule has 34 heavy (non-hydrogen) atoms. The molecule has 1 heterocycles. The number of carbonyl (C=O) groups excluding carboxylic acids is 3. The van der Waals surface area contributed by atoms with Gasteiger partial charge in [-0.05, 0) is 36.4 Å². The van der Waals surface area contributed by atoms with Gasteiger partial charge in [-0.2, -0.15) is 0 Å². The predicted octanol–water partition coefficient (Wildman–Crippen LogP) is 3.01. The lowest BCUT2D eigenvalue weighted by Crippen LogP contribution is -2.40. The fourth-order valence-corrected chi connectivity index (χ4v) is 3.29.